The number of hydrogen-bond acceptors (Lipinski definition) is 5. The highest BCUT2D eigenvalue weighted by Crippen LogP contribution is 2.45. The van der Waals surface area contributed by atoms with E-state index in [1.807, 2.05) is 39.8 Å². The third kappa shape index (κ3) is 6.05. The number of ether oxygens (including phenoxy) is 1. The summed E-state index contributed by atoms with van der Waals surface area (Å²) in [6, 6.07) is 9.39. The van der Waals surface area contributed by atoms with Crippen LogP contribution in [0.1, 0.15) is 117 Å². The Kier molecular flexibility index (Phi) is 9.12. The summed E-state index contributed by atoms with van der Waals surface area (Å²) in [4.78, 5) is 26.2. The Morgan fingerprint density at radius 3 is 2.11 bits per heavy atom. The zero-order valence-corrected chi connectivity index (χ0v) is 29.5. The van der Waals surface area contributed by atoms with Crippen molar-refractivity contribution in [2.45, 2.75) is 100 Å². The van der Waals surface area contributed by atoms with Crippen molar-refractivity contribution in [1.82, 2.24) is 9.78 Å². The van der Waals surface area contributed by atoms with Crippen LogP contribution in [0.3, 0.4) is 0 Å². The van der Waals surface area contributed by atoms with Crippen molar-refractivity contribution < 1.29 is 16.0 Å². The van der Waals surface area contributed by atoms with Crippen LogP contribution in [0.25, 0.3) is 16.8 Å². The summed E-state index contributed by atoms with van der Waals surface area (Å²) in [6.07, 6.45) is 0. The summed E-state index contributed by atoms with van der Waals surface area (Å²) >= 11 is 0. The zero-order valence-electron chi connectivity index (χ0n) is 30.5. The van der Waals surface area contributed by atoms with Crippen LogP contribution >= 0.6 is 0 Å². The Labute approximate surface area is 273 Å². The Morgan fingerprint density at radius 1 is 0.935 bits per heavy atom. The molecule has 0 spiro atoms. The van der Waals surface area contributed by atoms with Gasteiger partial charge in [0.1, 0.15) is 5.69 Å². The number of aromatic amines is 1. The average molecular weight is 626 g/mol. The fourth-order valence-corrected chi connectivity index (χ4v) is 6.46. The van der Waals surface area contributed by atoms with Crippen LogP contribution in [0.4, 0.5) is 11.4 Å². The molecular formula is C38H48N4O4. The molecule has 3 aromatic carbocycles. The maximum Gasteiger partial charge on any atom is 0.335 e. The van der Waals surface area contributed by atoms with Crippen molar-refractivity contribution >= 4 is 17.3 Å². The van der Waals surface area contributed by atoms with Crippen LogP contribution in [0.5, 0.6) is 5.75 Å². The van der Waals surface area contributed by atoms with E-state index in [9.17, 15) is 14.7 Å². The standard InChI is InChI=1S/C38H48N4O4/c1-19(2)26-16-17-29(25(9)31(26)38(10,11)12)42-36(43)34(32(41-42)20(3)4)40-39-33-23(7)22(6)18-28(35(33)46-13)30-21(5)14-15-27(24(30)8)37(44)45/h14-20,41H,1-13H3,(H,44,45)/i20D. The van der Waals surface area contributed by atoms with Crippen LogP contribution in [0.15, 0.2) is 45.4 Å². The summed E-state index contributed by atoms with van der Waals surface area (Å²) in [5.74, 6) is -1.48. The highest BCUT2D eigenvalue weighted by molar-refractivity contribution is 5.94. The van der Waals surface area contributed by atoms with Crippen LogP contribution in [0, 0.1) is 34.6 Å². The summed E-state index contributed by atoms with van der Waals surface area (Å²) in [7, 11) is 1.54. The molecule has 244 valence electrons. The maximum absolute atomic E-state index is 14.2. The number of nitrogens with zero attached hydrogens (tertiary/aromatic N) is 3. The first-order valence-electron chi connectivity index (χ1n) is 16.2. The predicted molar refractivity (Wildman–Crippen MR) is 187 cm³/mol. The maximum atomic E-state index is 14.2. The van der Waals surface area contributed by atoms with Crippen molar-refractivity contribution in [3.8, 4) is 22.6 Å². The lowest BCUT2D eigenvalue weighted by Crippen LogP contribution is -2.21. The molecule has 1 aromatic heterocycles. The molecule has 0 bridgehead atoms. The monoisotopic (exact) mass is 625 g/mol. The van der Waals surface area contributed by atoms with Gasteiger partial charge in [-0.25, -0.2) is 9.48 Å². The van der Waals surface area contributed by atoms with Gasteiger partial charge in [-0.2, -0.15) is 0 Å². The molecule has 0 saturated heterocycles. The van der Waals surface area contributed by atoms with E-state index < -0.39 is 17.4 Å². The van der Waals surface area contributed by atoms with E-state index in [2.05, 4.69) is 56.0 Å². The number of methoxy groups -OCH3 is 1. The first-order valence-corrected chi connectivity index (χ1v) is 15.7. The van der Waals surface area contributed by atoms with Crippen LogP contribution < -0.4 is 10.3 Å². The lowest BCUT2D eigenvalue weighted by atomic mass is 9.77. The lowest BCUT2D eigenvalue weighted by Gasteiger charge is -2.28. The molecule has 8 heteroatoms. The molecule has 0 radical (unpaired) electrons. The molecule has 8 nitrogen and oxygen atoms in total. The van der Waals surface area contributed by atoms with Gasteiger partial charge in [-0.05, 0) is 115 Å². The lowest BCUT2D eigenvalue weighted by molar-refractivity contribution is 0.0696. The number of hydrogen-bond donors (Lipinski definition) is 2. The van der Waals surface area contributed by atoms with Gasteiger partial charge in [0.2, 0.25) is 0 Å². The van der Waals surface area contributed by atoms with Crippen molar-refractivity contribution in [2.24, 2.45) is 10.2 Å². The van der Waals surface area contributed by atoms with Crippen molar-refractivity contribution in [2.75, 3.05) is 7.11 Å². The minimum Gasteiger partial charge on any atom is -0.494 e. The number of benzene rings is 3. The van der Waals surface area contributed by atoms with E-state index in [1.165, 1.54) is 22.9 Å². The smallest absolute Gasteiger partial charge is 0.335 e. The van der Waals surface area contributed by atoms with E-state index in [1.54, 1.807) is 32.9 Å². The second-order valence-electron chi connectivity index (χ2n) is 13.7. The molecule has 0 saturated carbocycles. The van der Waals surface area contributed by atoms with E-state index in [0.717, 1.165) is 27.8 Å². The molecule has 0 fully saturated rings. The van der Waals surface area contributed by atoms with Gasteiger partial charge < -0.3 is 9.84 Å². The number of H-pyrrole nitrogens is 1. The second-order valence-corrected chi connectivity index (χ2v) is 13.7. The summed E-state index contributed by atoms with van der Waals surface area (Å²) in [5, 5.41) is 22.2. The van der Waals surface area contributed by atoms with Gasteiger partial charge in [-0.3, -0.25) is 9.89 Å². The van der Waals surface area contributed by atoms with Gasteiger partial charge in [-0.1, -0.05) is 60.6 Å². The minimum atomic E-state index is -1.19. The van der Waals surface area contributed by atoms with E-state index >= 15 is 0 Å². The number of nitrogens with one attached hydrogen (secondary N) is 1. The molecule has 0 atom stereocenters. The summed E-state index contributed by atoms with van der Waals surface area (Å²) in [6.45, 7) is 23.9. The van der Waals surface area contributed by atoms with Gasteiger partial charge in [0.05, 0.1) is 24.1 Å². The molecule has 2 N–H and O–H groups in total. The number of carbonyl (C=O) groups is 1. The topological polar surface area (TPSA) is 109 Å². The van der Waals surface area contributed by atoms with Crippen molar-refractivity contribution in [1.29, 1.82) is 0 Å². The van der Waals surface area contributed by atoms with Crippen molar-refractivity contribution in [3.63, 3.8) is 0 Å². The highest BCUT2D eigenvalue weighted by atomic mass is 16.5. The normalized spacial score (nSPS) is 12.7. The largest absolute Gasteiger partial charge is 0.494 e. The number of azo groups is 1. The first kappa shape index (κ1) is 32.9. The molecule has 0 unspecified atom stereocenters. The molecule has 0 aliphatic heterocycles. The number of aromatic carboxylic acids is 1. The number of carboxylic acid groups (broad SMARTS) is 1. The fourth-order valence-electron chi connectivity index (χ4n) is 6.46. The summed E-state index contributed by atoms with van der Waals surface area (Å²) < 4.78 is 16.3. The molecular weight excluding hydrogens is 576 g/mol. The van der Waals surface area contributed by atoms with E-state index in [-0.39, 0.29) is 16.7 Å². The number of carboxylic acids is 1. The van der Waals surface area contributed by atoms with E-state index in [0.29, 0.717) is 39.9 Å². The summed E-state index contributed by atoms with van der Waals surface area (Å²) in [5.41, 5.74) is 9.18. The molecule has 0 amide bonds. The van der Waals surface area contributed by atoms with E-state index in [4.69, 9.17) is 6.11 Å². The SMILES string of the molecule is [2H]C(C)(C)c1[nH]n(-c2ccc(C(C)C)c(C(C)(C)C)c2C)c(=O)c1N=Nc1c(C)c(C)cc(-c2c(C)ccc(C(=O)O)c2C)c1OC. The van der Waals surface area contributed by atoms with Gasteiger partial charge >= 0.3 is 5.97 Å². The predicted octanol–water partition coefficient (Wildman–Crippen LogP) is 10.0. The third-order valence-electron chi connectivity index (χ3n) is 8.84. The van der Waals surface area contributed by atoms with Gasteiger partial charge in [0.25, 0.3) is 5.56 Å². The molecule has 46 heavy (non-hydrogen) atoms. The van der Waals surface area contributed by atoms with Crippen molar-refractivity contribution in [3.05, 3.63) is 90.9 Å². The van der Waals surface area contributed by atoms with Gasteiger partial charge in [-0.15, -0.1) is 10.2 Å². The van der Waals surface area contributed by atoms with Crippen LogP contribution in [-0.2, 0) is 5.41 Å². The molecule has 4 rings (SSSR count). The number of aromatic nitrogens is 2. The van der Waals surface area contributed by atoms with Crippen LogP contribution in [0.2, 0.25) is 0 Å². The highest BCUT2D eigenvalue weighted by Gasteiger charge is 2.27. The molecule has 1 heterocycles. The first-order chi connectivity index (χ1) is 21.7. The number of rotatable bonds is 8. The third-order valence-corrected chi connectivity index (χ3v) is 8.84. The quantitative estimate of drug-likeness (QED) is 0.190. The Balaban J connectivity index is 2.00. The Morgan fingerprint density at radius 2 is 1.57 bits per heavy atom. The van der Waals surface area contributed by atoms with Gasteiger partial charge in [0, 0.05) is 6.93 Å². The number of aryl methyl sites for hydroxylation is 2. The second kappa shape index (κ2) is 12.7. The molecule has 0 aliphatic carbocycles. The molecule has 0 aliphatic rings. The van der Waals surface area contributed by atoms with Crippen LogP contribution in [-0.4, -0.2) is 28.0 Å². The Hall–Kier alpha value is -4.46. The van der Waals surface area contributed by atoms with Gasteiger partial charge in [0.15, 0.2) is 11.4 Å². The average Bonchev–Trinajstić information content (AvgIpc) is 3.28. The minimum absolute atomic E-state index is 0.0411. The fraction of sp³-hybridized carbons (Fsp3) is 0.421. The molecule has 4 aromatic rings. The Bertz CT molecular complexity index is 1970. The zero-order chi connectivity index (χ0) is 35.3.